The highest BCUT2D eigenvalue weighted by atomic mass is 35.5. The third-order valence-corrected chi connectivity index (χ3v) is 2.88. The largest absolute Gasteiger partial charge is 0.379 e. The van der Waals surface area contributed by atoms with E-state index in [-0.39, 0.29) is 10.2 Å². The highest BCUT2D eigenvalue weighted by molar-refractivity contribution is 8.13. The molecule has 2 nitrogen and oxygen atoms in total. The number of hydrogen-bond donors (Lipinski definition) is 2. The summed E-state index contributed by atoms with van der Waals surface area (Å²) in [5.41, 5.74) is 5.72. The van der Waals surface area contributed by atoms with E-state index < -0.39 is 5.82 Å². The van der Waals surface area contributed by atoms with Crippen molar-refractivity contribution in [1.82, 2.24) is 0 Å². The fraction of sp³-hybridized carbons (Fsp3) is 0.125. The molecule has 0 unspecified atom stereocenters. The summed E-state index contributed by atoms with van der Waals surface area (Å²) in [4.78, 5) is 0. The van der Waals surface area contributed by atoms with Crippen molar-refractivity contribution in [2.75, 3.05) is 0 Å². The number of thioether (sulfide) groups is 1. The van der Waals surface area contributed by atoms with Crippen LogP contribution in [0, 0.1) is 11.2 Å². The molecule has 0 spiro atoms. The molecule has 3 N–H and O–H groups in total. The van der Waals surface area contributed by atoms with Crippen LogP contribution in [0.25, 0.3) is 0 Å². The fourth-order valence-corrected chi connectivity index (χ4v) is 1.91. The van der Waals surface area contributed by atoms with E-state index in [4.69, 9.17) is 34.3 Å². The number of nitrogens with one attached hydrogen (secondary N) is 1. The molecule has 0 bridgehead atoms. The highest BCUT2D eigenvalue weighted by Gasteiger charge is 2.07. The van der Waals surface area contributed by atoms with E-state index in [0.29, 0.717) is 16.3 Å². The Hall–Kier alpha value is -0.450. The first-order valence-electron chi connectivity index (χ1n) is 3.61. The smallest absolute Gasteiger partial charge is 0.151 e. The average molecular weight is 253 g/mol. The lowest BCUT2D eigenvalue weighted by molar-refractivity contribution is 0.627. The topological polar surface area (TPSA) is 49.9 Å². The Kier molecular flexibility index (Phi) is 4.04. The van der Waals surface area contributed by atoms with Gasteiger partial charge in [0.25, 0.3) is 0 Å². The summed E-state index contributed by atoms with van der Waals surface area (Å²) in [5, 5.41) is 7.33. The van der Waals surface area contributed by atoms with Crippen molar-refractivity contribution in [2.45, 2.75) is 5.75 Å². The molecule has 0 saturated carbocycles. The summed E-state index contributed by atoms with van der Waals surface area (Å²) < 4.78 is 13.0. The van der Waals surface area contributed by atoms with Crippen molar-refractivity contribution in [1.29, 1.82) is 5.41 Å². The lowest BCUT2D eigenvalue weighted by atomic mass is 10.2. The Morgan fingerprint density at radius 3 is 2.64 bits per heavy atom. The molecule has 0 aliphatic carbocycles. The van der Waals surface area contributed by atoms with Crippen LogP contribution < -0.4 is 5.73 Å². The number of benzene rings is 1. The number of hydrogen-bond acceptors (Lipinski definition) is 2. The van der Waals surface area contributed by atoms with Gasteiger partial charge in [-0.3, -0.25) is 5.41 Å². The molecule has 1 aromatic carbocycles. The third-order valence-electron chi connectivity index (χ3n) is 1.47. The van der Waals surface area contributed by atoms with Crippen molar-refractivity contribution in [3.05, 3.63) is 33.6 Å². The van der Waals surface area contributed by atoms with E-state index >= 15 is 0 Å². The van der Waals surface area contributed by atoms with Crippen LogP contribution in [0.4, 0.5) is 4.39 Å². The van der Waals surface area contributed by atoms with Gasteiger partial charge in [-0.1, -0.05) is 35.0 Å². The summed E-state index contributed by atoms with van der Waals surface area (Å²) in [6.07, 6.45) is 0. The summed E-state index contributed by atoms with van der Waals surface area (Å²) in [6.45, 7) is 0. The first-order valence-corrected chi connectivity index (χ1v) is 5.35. The van der Waals surface area contributed by atoms with E-state index in [0.717, 1.165) is 11.8 Å². The molecule has 0 saturated heterocycles. The molecule has 14 heavy (non-hydrogen) atoms. The Morgan fingerprint density at radius 1 is 1.43 bits per heavy atom. The molecule has 1 aromatic rings. The SMILES string of the molecule is N=C(N)SCc1cc(F)c(Cl)cc1Cl. The summed E-state index contributed by atoms with van der Waals surface area (Å²) >= 11 is 12.4. The van der Waals surface area contributed by atoms with E-state index in [1.807, 2.05) is 0 Å². The van der Waals surface area contributed by atoms with Gasteiger partial charge >= 0.3 is 0 Å². The van der Waals surface area contributed by atoms with Crippen LogP contribution in [0.1, 0.15) is 5.56 Å². The minimum atomic E-state index is -0.518. The van der Waals surface area contributed by atoms with Gasteiger partial charge in [-0.2, -0.15) is 0 Å². The fourth-order valence-electron chi connectivity index (χ4n) is 0.830. The predicted octanol–water partition coefficient (Wildman–Crippen LogP) is 3.26. The van der Waals surface area contributed by atoms with Gasteiger partial charge in [0.05, 0.1) is 5.02 Å². The molecular formula is C8H7Cl2FN2S. The van der Waals surface area contributed by atoms with Crippen LogP contribution in [0.2, 0.25) is 10.0 Å². The summed E-state index contributed by atoms with van der Waals surface area (Å²) in [5.74, 6) is -0.155. The van der Waals surface area contributed by atoms with Gasteiger partial charge in [0, 0.05) is 10.8 Å². The maximum Gasteiger partial charge on any atom is 0.151 e. The Bertz CT molecular complexity index is 371. The lowest BCUT2D eigenvalue weighted by Crippen LogP contribution is -2.04. The van der Waals surface area contributed by atoms with Gasteiger partial charge in [0.2, 0.25) is 0 Å². The molecule has 76 valence electrons. The first-order chi connectivity index (χ1) is 6.50. The number of halogens is 3. The molecule has 0 atom stereocenters. The minimum absolute atomic E-state index is 0.00780. The highest BCUT2D eigenvalue weighted by Crippen LogP contribution is 2.26. The summed E-state index contributed by atoms with van der Waals surface area (Å²) in [6, 6.07) is 2.59. The molecule has 0 aliphatic heterocycles. The monoisotopic (exact) mass is 252 g/mol. The third kappa shape index (κ3) is 3.04. The molecule has 0 heterocycles. The van der Waals surface area contributed by atoms with Gasteiger partial charge in [-0.05, 0) is 17.7 Å². The molecule has 0 fully saturated rings. The van der Waals surface area contributed by atoms with Gasteiger partial charge in [-0.25, -0.2) is 4.39 Å². The second-order valence-electron chi connectivity index (χ2n) is 2.51. The van der Waals surface area contributed by atoms with E-state index in [2.05, 4.69) is 0 Å². The normalized spacial score (nSPS) is 10.2. The zero-order chi connectivity index (χ0) is 10.7. The standard InChI is InChI=1S/C8H7Cl2FN2S/c9-5-2-6(10)7(11)1-4(5)3-14-8(12)13/h1-2H,3H2,(H3,12,13). The van der Waals surface area contributed by atoms with E-state index in [1.165, 1.54) is 12.1 Å². The van der Waals surface area contributed by atoms with Crippen LogP contribution >= 0.6 is 35.0 Å². The first kappa shape index (κ1) is 11.6. The van der Waals surface area contributed by atoms with Crippen LogP contribution in [0.3, 0.4) is 0 Å². The number of nitrogens with two attached hydrogens (primary N) is 1. The van der Waals surface area contributed by atoms with Crippen molar-refractivity contribution in [3.63, 3.8) is 0 Å². The Morgan fingerprint density at radius 2 is 2.07 bits per heavy atom. The average Bonchev–Trinajstić information content (AvgIpc) is 2.09. The van der Waals surface area contributed by atoms with Crippen LogP contribution in [0.15, 0.2) is 12.1 Å². The molecule has 0 aliphatic rings. The molecule has 6 heteroatoms. The molecule has 1 rings (SSSR count). The number of rotatable bonds is 2. The van der Waals surface area contributed by atoms with Crippen molar-refractivity contribution < 1.29 is 4.39 Å². The minimum Gasteiger partial charge on any atom is -0.379 e. The zero-order valence-electron chi connectivity index (χ0n) is 6.98. The predicted molar refractivity (Wildman–Crippen MR) is 59.6 cm³/mol. The van der Waals surface area contributed by atoms with Crippen LogP contribution in [0.5, 0.6) is 0 Å². The van der Waals surface area contributed by atoms with Crippen LogP contribution in [-0.4, -0.2) is 5.17 Å². The van der Waals surface area contributed by atoms with Crippen molar-refractivity contribution in [2.24, 2.45) is 5.73 Å². The van der Waals surface area contributed by atoms with Crippen LogP contribution in [-0.2, 0) is 5.75 Å². The van der Waals surface area contributed by atoms with Crippen molar-refractivity contribution >= 4 is 40.1 Å². The molecular weight excluding hydrogens is 246 g/mol. The van der Waals surface area contributed by atoms with Gasteiger partial charge in [0.1, 0.15) is 5.82 Å². The Balaban J connectivity index is 2.87. The molecule has 0 amide bonds. The van der Waals surface area contributed by atoms with Crippen molar-refractivity contribution in [3.8, 4) is 0 Å². The summed E-state index contributed by atoms with van der Waals surface area (Å²) in [7, 11) is 0. The zero-order valence-corrected chi connectivity index (χ0v) is 9.31. The Labute approximate surface area is 95.1 Å². The second-order valence-corrected chi connectivity index (χ2v) is 4.34. The van der Waals surface area contributed by atoms with Gasteiger partial charge in [-0.15, -0.1) is 0 Å². The second kappa shape index (κ2) is 4.87. The van der Waals surface area contributed by atoms with Gasteiger partial charge in [0.15, 0.2) is 5.17 Å². The maximum atomic E-state index is 13.0. The van der Waals surface area contributed by atoms with Gasteiger partial charge < -0.3 is 5.73 Å². The van der Waals surface area contributed by atoms with E-state index in [9.17, 15) is 4.39 Å². The van der Waals surface area contributed by atoms with E-state index in [1.54, 1.807) is 0 Å². The quantitative estimate of drug-likeness (QED) is 0.483. The maximum absolute atomic E-state index is 13.0. The molecule has 0 aromatic heterocycles. The molecule has 0 radical (unpaired) electrons. The lowest BCUT2D eigenvalue weighted by Gasteiger charge is -2.04. The number of amidine groups is 1.